The molecule has 2 amide bonds. The van der Waals surface area contributed by atoms with E-state index in [1.807, 2.05) is 19.2 Å². The highest BCUT2D eigenvalue weighted by molar-refractivity contribution is 7.12. The average Bonchev–Trinajstić information content (AvgIpc) is 3.02. The standard InChI is InChI=1S/C17H19N3O3S/c1-11-9-20(10-12(2)23-11)17(22)15-14(5-8-24-15)19-16(21)13-3-6-18-7-4-13/h3-8,11-12H,9-10H2,1-2H3,(H,19,21)/t11-,12-/m1/s1. The molecule has 0 spiro atoms. The number of thiophene rings is 1. The van der Waals surface area contributed by atoms with Crippen molar-refractivity contribution in [1.82, 2.24) is 9.88 Å². The van der Waals surface area contributed by atoms with Crippen LogP contribution in [0.4, 0.5) is 5.69 Å². The second-order valence-electron chi connectivity index (χ2n) is 5.82. The fourth-order valence-electron chi connectivity index (χ4n) is 2.76. The van der Waals surface area contributed by atoms with Gasteiger partial charge < -0.3 is 15.0 Å². The SMILES string of the molecule is C[C@@H]1CN(C(=O)c2sccc2NC(=O)c2ccncc2)C[C@@H](C)O1. The lowest BCUT2D eigenvalue weighted by Gasteiger charge is -2.35. The summed E-state index contributed by atoms with van der Waals surface area (Å²) in [4.78, 5) is 31.3. The van der Waals surface area contributed by atoms with Gasteiger partial charge in [-0.1, -0.05) is 0 Å². The van der Waals surface area contributed by atoms with Gasteiger partial charge in [-0.2, -0.15) is 0 Å². The molecule has 0 aliphatic carbocycles. The first-order valence-corrected chi connectivity index (χ1v) is 8.66. The monoisotopic (exact) mass is 345 g/mol. The first kappa shape index (κ1) is 16.6. The van der Waals surface area contributed by atoms with Crippen LogP contribution < -0.4 is 5.32 Å². The van der Waals surface area contributed by atoms with E-state index in [9.17, 15) is 9.59 Å². The number of carbonyl (C=O) groups is 2. The van der Waals surface area contributed by atoms with E-state index in [0.29, 0.717) is 29.2 Å². The van der Waals surface area contributed by atoms with Crippen molar-refractivity contribution in [3.63, 3.8) is 0 Å². The van der Waals surface area contributed by atoms with Gasteiger partial charge in [-0.05, 0) is 37.4 Å². The molecule has 0 unspecified atom stereocenters. The molecule has 0 aromatic carbocycles. The Kier molecular flexibility index (Phi) is 4.92. The van der Waals surface area contributed by atoms with Crippen molar-refractivity contribution in [2.75, 3.05) is 18.4 Å². The van der Waals surface area contributed by atoms with Crippen LogP contribution in [-0.4, -0.2) is 47.0 Å². The van der Waals surface area contributed by atoms with E-state index in [-0.39, 0.29) is 24.0 Å². The maximum absolute atomic E-state index is 12.8. The van der Waals surface area contributed by atoms with Crippen LogP contribution in [0.2, 0.25) is 0 Å². The van der Waals surface area contributed by atoms with E-state index < -0.39 is 0 Å². The molecule has 3 rings (SSSR count). The average molecular weight is 345 g/mol. The molecule has 1 N–H and O–H groups in total. The number of nitrogens with one attached hydrogen (secondary N) is 1. The summed E-state index contributed by atoms with van der Waals surface area (Å²) in [5, 5.41) is 4.62. The summed E-state index contributed by atoms with van der Waals surface area (Å²) in [7, 11) is 0. The maximum Gasteiger partial charge on any atom is 0.266 e. The van der Waals surface area contributed by atoms with Gasteiger partial charge in [-0.3, -0.25) is 14.6 Å². The molecule has 0 saturated carbocycles. The Morgan fingerprint density at radius 3 is 2.54 bits per heavy atom. The van der Waals surface area contributed by atoms with Crippen molar-refractivity contribution in [3.8, 4) is 0 Å². The Morgan fingerprint density at radius 2 is 1.88 bits per heavy atom. The number of carbonyl (C=O) groups excluding carboxylic acids is 2. The summed E-state index contributed by atoms with van der Waals surface area (Å²) >= 11 is 1.33. The number of pyridine rings is 1. The molecule has 126 valence electrons. The molecule has 0 radical (unpaired) electrons. The summed E-state index contributed by atoms with van der Waals surface area (Å²) < 4.78 is 5.67. The van der Waals surface area contributed by atoms with Crippen molar-refractivity contribution in [2.24, 2.45) is 0 Å². The van der Waals surface area contributed by atoms with Gasteiger partial charge in [0, 0.05) is 31.0 Å². The van der Waals surface area contributed by atoms with E-state index >= 15 is 0 Å². The molecule has 1 aliphatic rings. The third-order valence-electron chi connectivity index (χ3n) is 3.76. The van der Waals surface area contributed by atoms with Gasteiger partial charge in [0.25, 0.3) is 11.8 Å². The minimum Gasteiger partial charge on any atom is -0.372 e. The van der Waals surface area contributed by atoms with Gasteiger partial charge in [0.05, 0.1) is 17.9 Å². The van der Waals surface area contributed by atoms with Gasteiger partial charge in [0.2, 0.25) is 0 Å². The lowest BCUT2D eigenvalue weighted by atomic mass is 10.2. The fourth-order valence-corrected chi connectivity index (χ4v) is 3.57. The van der Waals surface area contributed by atoms with E-state index in [0.717, 1.165) is 0 Å². The minimum atomic E-state index is -0.256. The van der Waals surface area contributed by atoms with Gasteiger partial charge >= 0.3 is 0 Å². The lowest BCUT2D eigenvalue weighted by Crippen LogP contribution is -2.48. The number of aromatic nitrogens is 1. The largest absolute Gasteiger partial charge is 0.372 e. The zero-order chi connectivity index (χ0) is 17.1. The minimum absolute atomic E-state index is 0.00696. The topological polar surface area (TPSA) is 71.5 Å². The highest BCUT2D eigenvalue weighted by atomic mass is 32.1. The summed E-state index contributed by atoms with van der Waals surface area (Å²) in [6, 6.07) is 5.02. The smallest absolute Gasteiger partial charge is 0.266 e. The molecule has 6 nitrogen and oxygen atoms in total. The van der Waals surface area contributed by atoms with Gasteiger partial charge in [0.1, 0.15) is 4.88 Å². The number of anilines is 1. The Morgan fingerprint density at radius 1 is 1.21 bits per heavy atom. The Balaban J connectivity index is 1.75. The van der Waals surface area contributed by atoms with Crippen LogP contribution in [0.3, 0.4) is 0 Å². The van der Waals surface area contributed by atoms with E-state index in [1.54, 1.807) is 35.5 Å². The third-order valence-corrected chi connectivity index (χ3v) is 4.66. The number of hydrogen-bond acceptors (Lipinski definition) is 5. The summed E-state index contributed by atoms with van der Waals surface area (Å²) in [6.45, 7) is 5.02. The fraction of sp³-hybridized carbons (Fsp3) is 0.353. The number of amides is 2. The lowest BCUT2D eigenvalue weighted by molar-refractivity contribution is -0.0584. The second-order valence-corrected chi connectivity index (χ2v) is 6.74. The van der Waals surface area contributed by atoms with Crippen molar-refractivity contribution in [3.05, 3.63) is 46.4 Å². The number of morpholine rings is 1. The molecule has 1 saturated heterocycles. The normalized spacial score (nSPS) is 20.7. The van der Waals surface area contributed by atoms with E-state index in [1.165, 1.54) is 11.3 Å². The second kappa shape index (κ2) is 7.11. The predicted octanol–water partition coefficient (Wildman–Crippen LogP) is 2.64. The molecule has 3 heterocycles. The Labute approximate surface area is 144 Å². The van der Waals surface area contributed by atoms with Gasteiger partial charge in [0.15, 0.2) is 0 Å². The van der Waals surface area contributed by atoms with Gasteiger partial charge in [-0.25, -0.2) is 0 Å². The molecule has 0 bridgehead atoms. The van der Waals surface area contributed by atoms with Crippen LogP contribution in [0.1, 0.15) is 33.9 Å². The molecule has 2 atom stereocenters. The van der Waals surface area contributed by atoms with E-state index in [4.69, 9.17) is 4.74 Å². The van der Waals surface area contributed by atoms with Crippen LogP contribution >= 0.6 is 11.3 Å². The Bertz CT molecular complexity index is 722. The molecular formula is C17H19N3O3S. The van der Waals surface area contributed by atoms with Crippen LogP contribution in [0.5, 0.6) is 0 Å². The molecule has 2 aromatic rings. The van der Waals surface area contributed by atoms with Crippen LogP contribution in [-0.2, 0) is 4.74 Å². The molecule has 1 fully saturated rings. The molecule has 2 aromatic heterocycles. The van der Waals surface area contributed by atoms with Crippen molar-refractivity contribution >= 4 is 28.8 Å². The van der Waals surface area contributed by atoms with Crippen LogP contribution in [0.25, 0.3) is 0 Å². The van der Waals surface area contributed by atoms with Crippen LogP contribution in [0, 0.1) is 0 Å². The predicted molar refractivity (Wildman–Crippen MR) is 92.4 cm³/mol. The van der Waals surface area contributed by atoms with E-state index in [2.05, 4.69) is 10.3 Å². The summed E-state index contributed by atoms with van der Waals surface area (Å²) in [5.74, 6) is -0.328. The highest BCUT2D eigenvalue weighted by Crippen LogP contribution is 2.26. The van der Waals surface area contributed by atoms with Crippen molar-refractivity contribution in [2.45, 2.75) is 26.1 Å². The van der Waals surface area contributed by atoms with Gasteiger partial charge in [-0.15, -0.1) is 11.3 Å². The summed E-state index contributed by atoms with van der Waals surface area (Å²) in [5.41, 5.74) is 1.04. The maximum atomic E-state index is 12.8. The first-order valence-electron chi connectivity index (χ1n) is 7.78. The molecule has 24 heavy (non-hydrogen) atoms. The highest BCUT2D eigenvalue weighted by Gasteiger charge is 2.28. The van der Waals surface area contributed by atoms with Crippen molar-refractivity contribution < 1.29 is 14.3 Å². The molecular weight excluding hydrogens is 326 g/mol. The number of ether oxygens (including phenoxy) is 1. The zero-order valence-electron chi connectivity index (χ0n) is 13.6. The number of hydrogen-bond donors (Lipinski definition) is 1. The van der Waals surface area contributed by atoms with Crippen LogP contribution in [0.15, 0.2) is 36.0 Å². The Hall–Kier alpha value is -2.25. The molecule has 1 aliphatic heterocycles. The number of rotatable bonds is 3. The zero-order valence-corrected chi connectivity index (χ0v) is 14.4. The number of nitrogens with zero attached hydrogens (tertiary/aromatic N) is 2. The first-order chi connectivity index (χ1) is 11.5. The summed E-state index contributed by atoms with van der Waals surface area (Å²) in [6.07, 6.45) is 3.14. The quantitative estimate of drug-likeness (QED) is 0.928. The molecule has 7 heteroatoms. The third kappa shape index (κ3) is 3.63. The van der Waals surface area contributed by atoms with Crippen molar-refractivity contribution in [1.29, 1.82) is 0 Å².